The average Bonchev–Trinajstić information content (AvgIpc) is 3.25. The van der Waals surface area contributed by atoms with E-state index in [1.165, 1.54) is 61.5 Å². The van der Waals surface area contributed by atoms with Gasteiger partial charge in [-0.05, 0) is 0 Å². The zero-order valence-electron chi connectivity index (χ0n) is 33.0. The van der Waals surface area contributed by atoms with E-state index in [0.717, 1.165) is 78.9 Å². The van der Waals surface area contributed by atoms with Gasteiger partial charge in [0, 0.05) is 0 Å². The van der Waals surface area contributed by atoms with Crippen molar-refractivity contribution in [3.05, 3.63) is 146 Å². The molecule has 0 saturated carbocycles. The van der Waals surface area contributed by atoms with Crippen LogP contribution in [-0.4, -0.2) is 63.4 Å². The van der Waals surface area contributed by atoms with Crippen molar-refractivity contribution < 1.29 is 107 Å². The molecule has 0 aliphatic carbocycles. The van der Waals surface area contributed by atoms with Gasteiger partial charge in [-0.15, -0.1) is 0 Å². The fourth-order valence-electron chi connectivity index (χ4n) is 5.47. The second kappa shape index (κ2) is 18.4. The van der Waals surface area contributed by atoms with Crippen molar-refractivity contribution >= 4 is 50.8 Å². The van der Waals surface area contributed by atoms with Crippen LogP contribution in [0.4, 0.5) is 79.0 Å². The van der Waals surface area contributed by atoms with E-state index in [0.29, 0.717) is 0 Å². The second-order valence-electron chi connectivity index (χ2n) is 13.6. The molecule has 0 heterocycles. The van der Waals surface area contributed by atoms with Crippen LogP contribution in [0.3, 0.4) is 0 Å². The van der Waals surface area contributed by atoms with Gasteiger partial charge in [0.25, 0.3) is 0 Å². The molecule has 5 aromatic rings. The average molecular weight is 1170 g/mol. The SMILES string of the molecule is Cc1ccccc1I(OS(=O)(=O)C(F)(F)C(F)(F)C(F)(F)C(F)(F)F)c1ccc(Oc2ccc(S(OS(=O)(=O)C(F)(F)C(F)(F)C(F)(F)C(F)(F)F)(c3ccccc3)c3ccccc3)cc2)cc1. The third-order valence-electron chi connectivity index (χ3n) is 9.01. The third kappa shape index (κ3) is 9.32. The van der Waals surface area contributed by atoms with Crippen molar-refractivity contribution in [3.63, 3.8) is 0 Å². The van der Waals surface area contributed by atoms with E-state index >= 15 is 8.78 Å². The van der Waals surface area contributed by atoms with Crippen LogP contribution in [0, 0.1) is 14.1 Å². The molecule has 0 N–H and O–H groups in total. The molecule has 0 bridgehead atoms. The van der Waals surface area contributed by atoms with Gasteiger partial charge >= 0.3 is 299 Å². The van der Waals surface area contributed by atoms with Crippen LogP contribution in [0.1, 0.15) is 5.56 Å². The van der Waals surface area contributed by atoms with Crippen LogP contribution in [-0.2, 0) is 26.4 Å². The molecule has 0 aromatic heterocycles. The zero-order valence-corrected chi connectivity index (χ0v) is 37.6. The maximum atomic E-state index is 15.2. The van der Waals surface area contributed by atoms with E-state index in [-0.39, 0.29) is 20.6 Å². The Morgan fingerprint density at radius 3 is 1.16 bits per heavy atom. The first kappa shape index (κ1) is 54.5. The van der Waals surface area contributed by atoms with Crippen LogP contribution in [0.25, 0.3) is 0 Å². The molecule has 374 valence electrons. The van der Waals surface area contributed by atoms with E-state index < -0.39 is 116 Å². The van der Waals surface area contributed by atoms with E-state index in [4.69, 9.17) is 8.37 Å². The minimum absolute atomic E-state index is 0.0571. The summed E-state index contributed by atoms with van der Waals surface area (Å²) in [5.41, 5.74) is 0.0571. The van der Waals surface area contributed by atoms with Gasteiger partial charge in [0.05, 0.1) is 0 Å². The molecule has 0 atom stereocenters. The normalized spacial score (nSPS) is 14.7. The maximum absolute atomic E-state index is 15.2. The number of hydrogen-bond donors (Lipinski definition) is 0. The van der Waals surface area contributed by atoms with Gasteiger partial charge in [-0.3, -0.25) is 0 Å². The molecular weight excluding hydrogens is 1150 g/mol. The summed E-state index contributed by atoms with van der Waals surface area (Å²) in [6.07, 6.45) is -14.7. The Labute approximate surface area is 381 Å². The quantitative estimate of drug-likeness (QED) is 0.0676. The summed E-state index contributed by atoms with van der Waals surface area (Å²) in [5.74, 6) is -31.1. The first-order chi connectivity index (χ1) is 30.9. The summed E-state index contributed by atoms with van der Waals surface area (Å²) in [6, 6.07) is 23.6. The second-order valence-corrected chi connectivity index (χ2v) is 24.5. The Morgan fingerprint density at radius 2 is 0.765 bits per heavy atom. The molecule has 0 unspecified atom stereocenters. The predicted octanol–water partition coefficient (Wildman–Crippen LogP) is 14.0. The van der Waals surface area contributed by atoms with Gasteiger partial charge in [-0.25, -0.2) is 0 Å². The number of hydrogen-bond acceptors (Lipinski definition) is 7. The van der Waals surface area contributed by atoms with Crippen molar-refractivity contribution in [2.45, 2.75) is 68.2 Å². The van der Waals surface area contributed by atoms with Gasteiger partial charge in [0.2, 0.25) is 0 Å². The Morgan fingerprint density at radius 1 is 0.412 bits per heavy atom. The molecule has 68 heavy (non-hydrogen) atoms. The first-order valence-electron chi connectivity index (χ1n) is 17.8. The van der Waals surface area contributed by atoms with Gasteiger partial charge in [0.1, 0.15) is 0 Å². The summed E-state index contributed by atoms with van der Waals surface area (Å²) in [6.45, 7) is 1.25. The van der Waals surface area contributed by atoms with Crippen LogP contribution >= 0.6 is 30.5 Å². The molecule has 0 aliphatic heterocycles. The zero-order chi connectivity index (χ0) is 51.4. The molecular formula is C39H25F18IO7S3. The van der Waals surface area contributed by atoms with E-state index in [2.05, 4.69) is 2.51 Å². The van der Waals surface area contributed by atoms with Gasteiger partial charge in [-0.1, -0.05) is 36.4 Å². The van der Waals surface area contributed by atoms with Crippen LogP contribution in [0.5, 0.6) is 11.5 Å². The van der Waals surface area contributed by atoms with Crippen molar-refractivity contribution in [2.75, 3.05) is 0 Å². The Bertz CT molecular complexity index is 2760. The standard InChI is InChI=1S/C39H25F18IO7S3/c1-24-10-8-9-15-31(24)58(64-67(59,60)38(54,55)34(44,45)32(40,41)36(48,49)50)25-16-18-26(19-17-25)63-27-20-22-30(23-21-27)66(28-11-4-2-5-12-28,29-13-6-3-7-14-29)65-68(61,62)39(56,57)35(46,47)33(42,43)37(51,52)53/h2-23H,1H3. The fourth-order valence-corrected chi connectivity index (χ4v) is 18.0. The summed E-state index contributed by atoms with van der Waals surface area (Å²) in [4.78, 5) is -1.37. The Kier molecular flexibility index (Phi) is 14.7. The van der Waals surface area contributed by atoms with Crippen molar-refractivity contribution in [2.24, 2.45) is 0 Å². The molecule has 7 nitrogen and oxygen atoms in total. The molecule has 0 amide bonds. The number of alkyl halides is 18. The number of ether oxygens (including phenoxy) is 1. The third-order valence-corrected chi connectivity index (χ3v) is 22.0. The van der Waals surface area contributed by atoms with Gasteiger partial charge in [-0.2, -0.15) is 47.9 Å². The summed E-state index contributed by atoms with van der Waals surface area (Å²) in [7, 11) is -19.3. The van der Waals surface area contributed by atoms with E-state index in [1.807, 2.05) is 0 Å². The molecule has 29 heteroatoms. The summed E-state index contributed by atoms with van der Waals surface area (Å²) < 4.78 is 316. The molecule has 5 rings (SSSR count). The van der Waals surface area contributed by atoms with E-state index in [9.17, 15) is 87.1 Å². The minimum atomic E-state index is -7.67. The number of rotatable bonds is 17. The topological polar surface area (TPSA) is 96.0 Å². The molecule has 0 saturated heterocycles. The van der Waals surface area contributed by atoms with E-state index in [1.54, 1.807) is 0 Å². The van der Waals surface area contributed by atoms with Crippen molar-refractivity contribution in [1.29, 1.82) is 0 Å². The van der Waals surface area contributed by atoms with Crippen molar-refractivity contribution in [1.82, 2.24) is 0 Å². The van der Waals surface area contributed by atoms with Crippen LogP contribution in [0.15, 0.2) is 148 Å². The summed E-state index contributed by atoms with van der Waals surface area (Å²) in [5, 5.41) is -14.5. The number of aryl methyl sites for hydroxylation is 1. The molecule has 5 aromatic carbocycles. The van der Waals surface area contributed by atoms with Gasteiger partial charge in [0.15, 0.2) is 0 Å². The van der Waals surface area contributed by atoms with Crippen molar-refractivity contribution in [3.8, 4) is 11.5 Å². The fraction of sp³-hybridized carbons (Fsp3) is 0.231. The first-order valence-corrected chi connectivity index (χ1v) is 25.2. The molecule has 0 radical (unpaired) electrons. The number of halogens is 19. The Balaban J connectivity index is 1.55. The predicted molar refractivity (Wildman–Crippen MR) is 213 cm³/mol. The molecule has 0 fully saturated rings. The summed E-state index contributed by atoms with van der Waals surface area (Å²) >= 11 is -4.62. The van der Waals surface area contributed by atoms with Crippen LogP contribution < -0.4 is 4.74 Å². The van der Waals surface area contributed by atoms with Crippen LogP contribution in [0.2, 0.25) is 0 Å². The number of benzene rings is 5. The molecule has 0 aliphatic rings. The Hall–Kier alpha value is -4.46. The monoisotopic (exact) mass is 1170 g/mol. The van der Waals surface area contributed by atoms with Gasteiger partial charge < -0.3 is 0 Å². The molecule has 0 spiro atoms.